The molecule has 2 aromatic heterocycles. The Hall–Kier alpha value is -13.9. The molecule has 0 N–H and O–H groups in total. The van der Waals surface area contributed by atoms with Crippen LogP contribution in [0.1, 0.15) is 47.2 Å². The number of benzene rings is 17. The van der Waals surface area contributed by atoms with Gasteiger partial charge in [0, 0.05) is 66.6 Å². The molecule has 2 aliphatic carbocycles. The number of hydrogen-bond donors (Lipinski definition) is 0. The Bertz CT molecular complexity index is 6560. The van der Waals surface area contributed by atoms with Crippen LogP contribution in [0.15, 0.2) is 406 Å². The smallest absolute Gasteiger partial charge is 0.0714 e. The minimum atomic E-state index is -0.543. The van der Waals surface area contributed by atoms with E-state index >= 15 is 0 Å². The van der Waals surface area contributed by atoms with Gasteiger partial charge < -0.3 is 14.2 Å². The average molecular weight is 1390 g/mol. The summed E-state index contributed by atoms with van der Waals surface area (Å²) in [5, 5.41) is 4.99. The Kier molecular flexibility index (Phi) is 14.8. The highest BCUT2D eigenvalue weighted by molar-refractivity contribution is 6.26. The number of rotatable bonds is 14. The second kappa shape index (κ2) is 25.4. The molecule has 0 saturated heterocycles. The molecule has 512 valence electrons. The summed E-state index contributed by atoms with van der Waals surface area (Å²) in [6, 6.07) is 151. The first-order valence-corrected chi connectivity index (χ1v) is 37.9. The number of hydrogen-bond acceptors (Lipinski definition) is 2. The molecule has 0 unspecified atom stereocenters. The lowest BCUT2D eigenvalue weighted by atomic mass is 9.67. The molecule has 0 bridgehead atoms. The molecule has 21 rings (SSSR count). The fourth-order valence-electron chi connectivity index (χ4n) is 18.4. The standard InChI is InChI=1S/C106H73N3/c1-105(2)98-38-18-15-33-90(98)92-63-61-87(68-100(92)105)108(88-62-64-93-91-34-16-19-39-99(91)106(101(93)69-88,81-29-11-5-12-30-81)82-31-13-6-14-32-82)86-57-49-75(50-58-86)72-41-43-76(44-42-72)78-27-21-28-79(65-78)89-36-22-37-95-97-67-80(66-96-94-35-17-20-40-102(94)109(103(89)95)104(96)97)77-51-59-85(60-52-77)107(83-53-45-73(46-54-83)70-23-7-3-8-24-70)84-55-47-74(48-56-84)71-25-9-4-10-26-71/h3-69H,1-2H3. The van der Waals surface area contributed by atoms with Crippen LogP contribution in [0.2, 0.25) is 0 Å². The van der Waals surface area contributed by atoms with Gasteiger partial charge in [0.1, 0.15) is 0 Å². The third-order valence-electron chi connectivity index (χ3n) is 23.6. The Balaban J connectivity index is 0.613. The molecule has 0 radical (unpaired) electrons. The van der Waals surface area contributed by atoms with E-state index in [2.05, 4.69) is 434 Å². The van der Waals surface area contributed by atoms with Crippen molar-refractivity contribution in [2.75, 3.05) is 9.80 Å². The highest BCUT2D eigenvalue weighted by Crippen LogP contribution is 2.58. The second-order valence-corrected chi connectivity index (χ2v) is 29.9. The van der Waals surface area contributed by atoms with Gasteiger partial charge in [-0.2, -0.15) is 0 Å². The summed E-state index contributed by atoms with van der Waals surface area (Å²) >= 11 is 0. The highest BCUT2D eigenvalue weighted by atomic mass is 15.1. The average Bonchev–Trinajstić information content (AvgIpc) is 1.55. The fourth-order valence-corrected chi connectivity index (χ4v) is 18.4. The molecule has 0 saturated carbocycles. The van der Waals surface area contributed by atoms with Crippen molar-refractivity contribution in [3.05, 3.63) is 440 Å². The summed E-state index contributed by atoms with van der Waals surface area (Å²) in [5.41, 5.74) is 36.7. The predicted octanol–water partition coefficient (Wildman–Crippen LogP) is 28.4. The van der Waals surface area contributed by atoms with E-state index in [0.717, 1.165) is 45.3 Å². The lowest BCUT2D eigenvalue weighted by molar-refractivity contribution is 0.660. The molecular formula is C106H73N3. The lowest BCUT2D eigenvalue weighted by Crippen LogP contribution is -2.28. The van der Waals surface area contributed by atoms with E-state index in [4.69, 9.17) is 0 Å². The zero-order valence-electron chi connectivity index (χ0n) is 60.5. The van der Waals surface area contributed by atoms with Crippen molar-refractivity contribution in [2.24, 2.45) is 0 Å². The van der Waals surface area contributed by atoms with Crippen molar-refractivity contribution in [1.82, 2.24) is 4.40 Å². The number of aromatic nitrogens is 1. The lowest BCUT2D eigenvalue weighted by Gasteiger charge is -2.35. The van der Waals surface area contributed by atoms with Crippen LogP contribution in [-0.4, -0.2) is 4.40 Å². The number of para-hydroxylation sites is 2. The summed E-state index contributed by atoms with van der Waals surface area (Å²) in [4.78, 5) is 4.85. The van der Waals surface area contributed by atoms with Crippen LogP contribution in [0, 0.1) is 0 Å². The maximum atomic E-state index is 2.53. The van der Waals surface area contributed by atoms with Crippen LogP contribution < -0.4 is 9.80 Å². The maximum absolute atomic E-state index is 2.53. The molecule has 2 aliphatic rings. The number of nitrogens with zero attached hydrogens (tertiary/aromatic N) is 3. The maximum Gasteiger partial charge on any atom is 0.0714 e. The number of anilines is 6. The van der Waals surface area contributed by atoms with Crippen molar-refractivity contribution in [2.45, 2.75) is 24.7 Å². The zero-order valence-corrected chi connectivity index (χ0v) is 60.5. The van der Waals surface area contributed by atoms with Gasteiger partial charge in [0.05, 0.1) is 22.0 Å². The Morgan fingerprint density at radius 2 is 0.550 bits per heavy atom. The van der Waals surface area contributed by atoms with Crippen LogP contribution in [-0.2, 0) is 10.8 Å². The first kappa shape index (κ1) is 63.6. The van der Waals surface area contributed by atoms with Crippen LogP contribution in [0.4, 0.5) is 34.1 Å². The molecule has 17 aromatic carbocycles. The minimum Gasteiger partial charge on any atom is -0.311 e. The van der Waals surface area contributed by atoms with E-state index in [1.165, 1.54) is 149 Å². The first-order valence-electron chi connectivity index (χ1n) is 37.9. The summed E-state index contributed by atoms with van der Waals surface area (Å²) in [6.07, 6.45) is 0. The van der Waals surface area contributed by atoms with Gasteiger partial charge in [0.25, 0.3) is 0 Å². The minimum absolute atomic E-state index is 0.176. The Morgan fingerprint density at radius 1 is 0.202 bits per heavy atom. The molecule has 0 amide bonds. The normalized spacial score (nSPS) is 13.0. The van der Waals surface area contributed by atoms with Crippen LogP contribution >= 0.6 is 0 Å². The Morgan fingerprint density at radius 3 is 1.10 bits per heavy atom. The zero-order chi connectivity index (χ0) is 72.3. The molecule has 0 atom stereocenters. The van der Waals surface area contributed by atoms with E-state index < -0.39 is 5.41 Å². The predicted molar refractivity (Wildman–Crippen MR) is 458 cm³/mol. The van der Waals surface area contributed by atoms with Crippen molar-refractivity contribution >= 4 is 72.2 Å². The Labute approximate surface area is 635 Å². The van der Waals surface area contributed by atoms with E-state index in [-0.39, 0.29) is 5.41 Å². The summed E-state index contributed by atoms with van der Waals surface area (Å²) < 4.78 is 2.53. The van der Waals surface area contributed by atoms with E-state index in [0.29, 0.717) is 0 Å². The van der Waals surface area contributed by atoms with Crippen LogP contribution in [0.3, 0.4) is 0 Å². The molecule has 0 spiro atoms. The molecule has 3 nitrogen and oxygen atoms in total. The van der Waals surface area contributed by atoms with Crippen molar-refractivity contribution < 1.29 is 0 Å². The highest BCUT2D eigenvalue weighted by Gasteiger charge is 2.46. The number of fused-ring (bicyclic) bond motifs is 12. The third kappa shape index (κ3) is 10.3. The van der Waals surface area contributed by atoms with Gasteiger partial charge in [0.15, 0.2) is 0 Å². The van der Waals surface area contributed by atoms with Crippen molar-refractivity contribution in [1.29, 1.82) is 0 Å². The van der Waals surface area contributed by atoms with E-state index in [1.807, 2.05) is 0 Å². The molecule has 2 heterocycles. The summed E-state index contributed by atoms with van der Waals surface area (Å²) in [5.74, 6) is 0. The van der Waals surface area contributed by atoms with Gasteiger partial charge in [-0.25, -0.2) is 0 Å². The van der Waals surface area contributed by atoms with Crippen molar-refractivity contribution in [3.8, 4) is 89.0 Å². The summed E-state index contributed by atoms with van der Waals surface area (Å²) in [6.45, 7) is 4.75. The van der Waals surface area contributed by atoms with Gasteiger partial charge in [-0.1, -0.05) is 323 Å². The fraction of sp³-hybridized carbons (Fsp3) is 0.0377. The van der Waals surface area contributed by atoms with Crippen LogP contribution in [0.5, 0.6) is 0 Å². The van der Waals surface area contributed by atoms with Gasteiger partial charge in [-0.3, -0.25) is 0 Å². The monoisotopic (exact) mass is 1390 g/mol. The first-order chi connectivity index (χ1) is 53.8. The van der Waals surface area contributed by atoms with E-state index in [9.17, 15) is 0 Å². The summed E-state index contributed by atoms with van der Waals surface area (Å²) in [7, 11) is 0. The second-order valence-electron chi connectivity index (χ2n) is 29.9. The van der Waals surface area contributed by atoms with Gasteiger partial charge in [-0.05, 0) is 214 Å². The molecule has 0 fully saturated rings. The van der Waals surface area contributed by atoms with Crippen molar-refractivity contribution in [3.63, 3.8) is 0 Å². The van der Waals surface area contributed by atoms with Gasteiger partial charge >= 0.3 is 0 Å². The topological polar surface area (TPSA) is 10.9 Å². The molecule has 19 aromatic rings. The van der Waals surface area contributed by atoms with Gasteiger partial charge in [-0.15, -0.1) is 0 Å². The third-order valence-corrected chi connectivity index (χ3v) is 23.6. The van der Waals surface area contributed by atoms with Crippen LogP contribution in [0.25, 0.3) is 127 Å². The quantitative estimate of drug-likeness (QED) is 0.107. The molecule has 3 heteroatoms. The van der Waals surface area contributed by atoms with E-state index in [1.54, 1.807) is 0 Å². The SMILES string of the molecule is CC1(C)c2ccccc2-c2ccc(N(c3ccc(-c4ccc(-c5cccc(-c6cccc7c8cc(-c9ccc(N(c%10ccc(-c%11ccccc%11)cc%10)c%10ccc(-c%11ccccc%11)cc%10)cc9)cc9c%10ccccc%10n(c67)c98)c5)cc4)cc3)c3ccc4c(c3)C(c3ccccc3)(c3ccccc3)c3ccccc3-4)cc21. The largest absolute Gasteiger partial charge is 0.311 e. The molecular weight excluding hydrogens is 1320 g/mol. The molecule has 0 aliphatic heterocycles. The van der Waals surface area contributed by atoms with Gasteiger partial charge in [0.2, 0.25) is 0 Å². The molecule has 109 heavy (non-hydrogen) atoms.